The molecule has 0 fully saturated rings. The van der Waals surface area contributed by atoms with Gasteiger partial charge in [0.05, 0.1) is 6.04 Å². The highest BCUT2D eigenvalue weighted by Crippen LogP contribution is 2.26. The summed E-state index contributed by atoms with van der Waals surface area (Å²) in [5.74, 6) is -0.932. The van der Waals surface area contributed by atoms with E-state index >= 15 is 0 Å². The highest BCUT2D eigenvalue weighted by Gasteiger charge is 2.20. The zero-order valence-corrected chi connectivity index (χ0v) is 14.2. The van der Waals surface area contributed by atoms with Gasteiger partial charge in [-0.15, -0.1) is 0 Å². The summed E-state index contributed by atoms with van der Waals surface area (Å²) in [4.78, 5) is 23.5. The van der Waals surface area contributed by atoms with E-state index in [1.807, 2.05) is 6.92 Å². The number of halogens is 2. The fourth-order valence-electron chi connectivity index (χ4n) is 1.74. The highest BCUT2D eigenvalue weighted by atomic mass is 35.5. The molecule has 0 heterocycles. The van der Waals surface area contributed by atoms with E-state index in [0.29, 0.717) is 10.0 Å². The molecule has 0 aliphatic heterocycles. The SMILES string of the molecule is CC/C=C/C(=O)O[C@H](C)C(=O)N[C@H](C)c1ccc(Cl)cc1Cl. The van der Waals surface area contributed by atoms with Crippen LogP contribution in [-0.4, -0.2) is 18.0 Å². The van der Waals surface area contributed by atoms with Gasteiger partial charge >= 0.3 is 5.97 Å². The molecule has 4 nitrogen and oxygen atoms in total. The van der Waals surface area contributed by atoms with E-state index < -0.39 is 18.0 Å². The maximum atomic E-state index is 12.0. The molecule has 0 spiro atoms. The van der Waals surface area contributed by atoms with E-state index in [9.17, 15) is 9.59 Å². The zero-order chi connectivity index (χ0) is 16.7. The molecular formula is C16H19Cl2NO3. The molecule has 2 atom stereocenters. The van der Waals surface area contributed by atoms with Crippen LogP contribution in [0.3, 0.4) is 0 Å². The van der Waals surface area contributed by atoms with Crippen LogP contribution < -0.4 is 5.32 Å². The molecule has 0 bridgehead atoms. The summed E-state index contributed by atoms with van der Waals surface area (Å²) in [5.41, 5.74) is 0.740. The Bertz CT molecular complexity index is 573. The zero-order valence-electron chi connectivity index (χ0n) is 12.7. The van der Waals surface area contributed by atoms with Gasteiger partial charge in [-0.25, -0.2) is 4.79 Å². The number of benzene rings is 1. The quantitative estimate of drug-likeness (QED) is 0.625. The first-order valence-electron chi connectivity index (χ1n) is 6.97. The summed E-state index contributed by atoms with van der Waals surface area (Å²) in [6.45, 7) is 5.21. The van der Waals surface area contributed by atoms with Crippen LogP contribution in [0.2, 0.25) is 10.0 Å². The van der Waals surface area contributed by atoms with Gasteiger partial charge in [0.25, 0.3) is 5.91 Å². The van der Waals surface area contributed by atoms with Gasteiger partial charge in [-0.3, -0.25) is 4.79 Å². The number of hydrogen-bond acceptors (Lipinski definition) is 3. The third kappa shape index (κ3) is 5.70. The lowest BCUT2D eigenvalue weighted by atomic mass is 10.1. The lowest BCUT2D eigenvalue weighted by molar-refractivity contribution is -0.150. The van der Waals surface area contributed by atoms with E-state index in [1.165, 1.54) is 13.0 Å². The molecule has 6 heteroatoms. The third-order valence-corrected chi connectivity index (χ3v) is 3.50. The van der Waals surface area contributed by atoms with Gasteiger partial charge in [0.2, 0.25) is 0 Å². The summed E-state index contributed by atoms with van der Waals surface area (Å²) in [5, 5.41) is 3.74. The molecule has 1 aromatic rings. The predicted molar refractivity (Wildman–Crippen MR) is 88.0 cm³/mol. The fourth-order valence-corrected chi connectivity index (χ4v) is 2.31. The first-order valence-corrected chi connectivity index (χ1v) is 7.73. The Balaban J connectivity index is 2.63. The van der Waals surface area contributed by atoms with Gasteiger partial charge in [-0.1, -0.05) is 42.3 Å². The smallest absolute Gasteiger partial charge is 0.331 e. The lowest BCUT2D eigenvalue weighted by Crippen LogP contribution is -2.37. The van der Waals surface area contributed by atoms with Crippen molar-refractivity contribution in [3.63, 3.8) is 0 Å². The largest absolute Gasteiger partial charge is 0.449 e. The molecule has 0 unspecified atom stereocenters. The molecule has 0 aliphatic carbocycles. The summed E-state index contributed by atoms with van der Waals surface area (Å²) in [6.07, 6.45) is 2.82. The molecule has 1 rings (SSSR count). The van der Waals surface area contributed by atoms with Gasteiger partial charge < -0.3 is 10.1 Å². The Morgan fingerprint density at radius 1 is 1.32 bits per heavy atom. The first kappa shape index (κ1) is 18.5. The molecule has 0 aliphatic rings. The lowest BCUT2D eigenvalue weighted by Gasteiger charge is -2.19. The van der Waals surface area contributed by atoms with Crippen molar-refractivity contribution in [2.45, 2.75) is 39.3 Å². The Hall–Kier alpha value is -1.52. The van der Waals surface area contributed by atoms with Gasteiger partial charge in [-0.2, -0.15) is 0 Å². The molecule has 0 aromatic heterocycles. The fraction of sp³-hybridized carbons (Fsp3) is 0.375. The summed E-state index contributed by atoms with van der Waals surface area (Å²) in [6, 6.07) is 4.73. The van der Waals surface area contributed by atoms with Crippen molar-refractivity contribution in [1.29, 1.82) is 0 Å². The van der Waals surface area contributed by atoms with Crippen LogP contribution in [-0.2, 0) is 14.3 Å². The minimum atomic E-state index is -0.887. The molecule has 1 aromatic carbocycles. The van der Waals surface area contributed by atoms with Crippen LogP contribution in [0.1, 0.15) is 38.8 Å². The number of carbonyl (C=O) groups is 2. The minimum Gasteiger partial charge on any atom is -0.449 e. The van der Waals surface area contributed by atoms with Crippen molar-refractivity contribution in [2.75, 3.05) is 0 Å². The Morgan fingerprint density at radius 2 is 2.00 bits per heavy atom. The average Bonchev–Trinajstić information content (AvgIpc) is 2.44. The maximum absolute atomic E-state index is 12.0. The Labute approximate surface area is 140 Å². The van der Waals surface area contributed by atoms with Crippen LogP contribution in [0, 0.1) is 0 Å². The number of esters is 1. The second-order valence-electron chi connectivity index (χ2n) is 4.79. The number of rotatable bonds is 6. The minimum absolute atomic E-state index is 0.329. The van der Waals surface area contributed by atoms with Crippen LogP contribution in [0.5, 0.6) is 0 Å². The molecule has 120 valence electrons. The number of carbonyl (C=O) groups excluding carboxylic acids is 2. The van der Waals surface area contributed by atoms with Gasteiger partial charge in [0, 0.05) is 16.1 Å². The van der Waals surface area contributed by atoms with Crippen LogP contribution in [0.25, 0.3) is 0 Å². The molecule has 1 N–H and O–H groups in total. The molecular weight excluding hydrogens is 325 g/mol. The van der Waals surface area contributed by atoms with E-state index in [-0.39, 0.29) is 6.04 Å². The van der Waals surface area contributed by atoms with E-state index in [4.69, 9.17) is 27.9 Å². The predicted octanol–water partition coefficient (Wildman–Crippen LogP) is 4.07. The van der Waals surface area contributed by atoms with Crippen molar-refractivity contribution < 1.29 is 14.3 Å². The van der Waals surface area contributed by atoms with Gasteiger partial charge in [-0.05, 0) is 38.0 Å². The Morgan fingerprint density at radius 3 is 2.59 bits per heavy atom. The van der Waals surface area contributed by atoms with Crippen LogP contribution in [0.4, 0.5) is 0 Å². The topological polar surface area (TPSA) is 55.4 Å². The standard InChI is InChI=1S/C16H19Cl2NO3/c1-4-5-6-15(20)22-11(3)16(21)19-10(2)13-8-7-12(17)9-14(13)18/h5-11H,4H2,1-3H3,(H,19,21)/b6-5+/t10-,11-/m1/s1. The van der Waals surface area contributed by atoms with Crippen molar-refractivity contribution in [3.8, 4) is 0 Å². The van der Waals surface area contributed by atoms with Crippen LogP contribution >= 0.6 is 23.2 Å². The van der Waals surface area contributed by atoms with Crippen molar-refractivity contribution in [2.24, 2.45) is 0 Å². The summed E-state index contributed by atoms with van der Waals surface area (Å²) < 4.78 is 5.01. The maximum Gasteiger partial charge on any atom is 0.331 e. The van der Waals surface area contributed by atoms with E-state index in [0.717, 1.165) is 12.0 Å². The number of allylic oxidation sites excluding steroid dienone is 1. The van der Waals surface area contributed by atoms with Gasteiger partial charge in [0.15, 0.2) is 6.10 Å². The molecule has 0 radical (unpaired) electrons. The van der Waals surface area contributed by atoms with Crippen LogP contribution in [0.15, 0.2) is 30.4 Å². The first-order chi connectivity index (χ1) is 10.3. The second kappa shape index (κ2) is 8.81. The highest BCUT2D eigenvalue weighted by molar-refractivity contribution is 6.35. The van der Waals surface area contributed by atoms with E-state index in [2.05, 4.69) is 5.32 Å². The molecule has 0 saturated heterocycles. The normalized spacial score (nSPS) is 13.7. The van der Waals surface area contributed by atoms with E-state index in [1.54, 1.807) is 31.2 Å². The van der Waals surface area contributed by atoms with Crippen molar-refractivity contribution >= 4 is 35.1 Å². The monoisotopic (exact) mass is 343 g/mol. The third-order valence-electron chi connectivity index (χ3n) is 2.94. The number of amides is 1. The summed E-state index contributed by atoms with van der Waals surface area (Å²) >= 11 is 11.9. The number of hydrogen-bond donors (Lipinski definition) is 1. The Kier molecular flexibility index (Phi) is 7.42. The van der Waals surface area contributed by atoms with Crippen molar-refractivity contribution in [1.82, 2.24) is 5.32 Å². The molecule has 22 heavy (non-hydrogen) atoms. The van der Waals surface area contributed by atoms with Gasteiger partial charge in [0.1, 0.15) is 0 Å². The van der Waals surface area contributed by atoms with Crippen molar-refractivity contribution in [3.05, 3.63) is 46.0 Å². The number of ether oxygens (including phenoxy) is 1. The molecule has 0 saturated carbocycles. The summed E-state index contributed by atoms with van der Waals surface area (Å²) in [7, 11) is 0. The number of nitrogens with one attached hydrogen (secondary N) is 1. The molecule has 1 amide bonds. The average molecular weight is 344 g/mol. The second-order valence-corrected chi connectivity index (χ2v) is 5.63.